The molecule has 0 aliphatic carbocycles. The number of carbonyl (C=O) groups excluding carboxylic acids is 3. The molecule has 0 spiro atoms. The molecule has 1 amide bonds. The fraction of sp³-hybridized carbons (Fsp3) is 0.667. The molecule has 1 aliphatic rings. The first-order valence-corrected chi connectivity index (χ1v) is 7.22. The van der Waals surface area contributed by atoms with E-state index in [-0.39, 0.29) is 6.54 Å². The highest BCUT2D eigenvalue weighted by molar-refractivity contribution is 5.68. The monoisotopic (exact) mass is 329 g/mol. The number of nitrogens with one attached hydrogen (secondary N) is 1. The van der Waals surface area contributed by atoms with Gasteiger partial charge in [0.15, 0.2) is 18.3 Å². The van der Waals surface area contributed by atoms with Crippen LogP contribution in [0.25, 0.3) is 0 Å². The Labute approximate surface area is 135 Å². The van der Waals surface area contributed by atoms with Crippen molar-refractivity contribution in [3.8, 4) is 0 Å². The van der Waals surface area contributed by atoms with Crippen molar-refractivity contribution in [1.29, 1.82) is 0 Å². The molecule has 1 aliphatic heterocycles. The van der Waals surface area contributed by atoms with Crippen LogP contribution in [0.4, 0.5) is 4.79 Å². The number of hydrogen-bond donors (Lipinski definition) is 1. The lowest BCUT2D eigenvalue weighted by molar-refractivity contribution is -0.173. The van der Waals surface area contributed by atoms with Crippen LogP contribution in [0.15, 0.2) is 12.3 Å². The Hall–Kier alpha value is -2.25. The topological polar surface area (TPSA) is 100 Å². The van der Waals surface area contributed by atoms with E-state index in [4.69, 9.17) is 18.9 Å². The highest BCUT2D eigenvalue weighted by Gasteiger charge is 2.37. The Morgan fingerprint density at radius 2 is 1.74 bits per heavy atom. The SMILES string of the molecule is CC(=O)OC1C=COC(CNC(=O)OC(C)(C)C)C1OC(C)=O. The highest BCUT2D eigenvalue weighted by atomic mass is 16.6. The second kappa shape index (κ2) is 7.85. The third-order valence-electron chi connectivity index (χ3n) is 2.66. The minimum absolute atomic E-state index is 0.0228. The van der Waals surface area contributed by atoms with Crippen LogP contribution in [0.1, 0.15) is 34.6 Å². The molecule has 1 heterocycles. The Bertz CT molecular complexity index is 481. The number of amides is 1. The molecule has 0 aromatic rings. The lowest BCUT2D eigenvalue weighted by Crippen LogP contribution is -2.50. The van der Waals surface area contributed by atoms with Crippen LogP contribution in [0.2, 0.25) is 0 Å². The van der Waals surface area contributed by atoms with E-state index in [1.54, 1.807) is 20.8 Å². The summed E-state index contributed by atoms with van der Waals surface area (Å²) in [5.74, 6) is -1.06. The van der Waals surface area contributed by atoms with Gasteiger partial charge in [-0.2, -0.15) is 0 Å². The van der Waals surface area contributed by atoms with Crippen molar-refractivity contribution in [2.45, 2.75) is 58.5 Å². The van der Waals surface area contributed by atoms with E-state index >= 15 is 0 Å². The number of alkyl carbamates (subject to hydrolysis) is 1. The quantitative estimate of drug-likeness (QED) is 0.612. The number of hydrogen-bond acceptors (Lipinski definition) is 7. The molecular formula is C15H23NO7. The van der Waals surface area contributed by atoms with Gasteiger partial charge in [0.2, 0.25) is 0 Å². The van der Waals surface area contributed by atoms with Gasteiger partial charge in [0.25, 0.3) is 0 Å². The van der Waals surface area contributed by atoms with Crippen LogP contribution in [0.3, 0.4) is 0 Å². The zero-order valence-corrected chi connectivity index (χ0v) is 14.0. The molecule has 3 unspecified atom stereocenters. The van der Waals surface area contributed by atoms with E-state index < -0.39 is 41.9 Å². The summed E-state index contributed by atoms with van der Waals surface area (Å²) in [6, 6.07) is 0. The average molecular weight is 329 g/mol. The zero-order chi connectivity index (χ0) is 17.6. The molecule has 0 aromatic carbocycles. The predicted octanol–water partition coefficient (Wildman–Crippen LogP) is 1.29. The lowest BCUT2D eigenvalue weighted by Gasteiger charge is -2.33. The summed E-state index contributed by atoms with van der Waals surface area (Å²) in [4.78, 5) is 34.1. The summed E-state index contributed by atoms with van der Waals surface area (Å²) < 4.78 is 20.7. The number of rotatable bonds is 4. The maximum absolute atomic E-state index is 11.7. The van der Waals surface area contributed by atoms with E-state index in [1.807, 2.05) is 0 Å². The molecular weight excluding hydrogens is 306 g/mol. The van der Waals surface area contributed by atoms with E-state index in [2.05, 4.69) is 5.32 Å². The van der Waals surface area contributed by atoms with Crippen molar-refractivity contribution in [3.05, 3.63) is 12.3 Å². The van der Waals surface area contributed by atoms with Crippen LogP contribution in [0, 0.1) is 0 Å². The van der Waals surface area contributed by atoms with Gasteiger partial charge in [0.05, 0.1) is 12.8 Å². The number of ether oxygens (including phenoxy) is 4. The molecule has 0 saturated carbocycles. The Balaban J connectivity index is 2.70. The van der Waals surface area contributed by atoms with E-state index in [9.17, 15) is 14.4 Å². The van der Waals surface area contributed by atoms with Crippen molar-refractivity contribution < 1.29 is 33.3 Å². The summed E-state index contributed by atoms with van der Waals surface area (Å²) in [5.41, 5.74) is -0.632. The first kappa shape index (κ1) is 18.8. The first-order valence-electron chi connectivity index (χ1n) is 7.22. The molecule has 0 aromatic heterocycles. The number of esters is 2. The predicted molar refractivity (Wildman–Crippen MR) is 79.4 cm³/mol. The molecule has 1 N–H and O–H groups in total. The molecule has 8 heteroatoms. The van der Waals surface area contributed by atoms with Crippen LogP contribution < -0.4 is 5.32 Å². The molecule has 0 bridgehead atoms. The molecule has 0 fully saturated rings. The first-order chi connectivity index (χ1) is 10.6. The summed E-state index contributed by atoms with van der Waals surface area (Å²) in [6.07, 6.45) is -0.164. The molecule has 1 rings (SSSR count). The second-order valence-corrected chi connectivity index (χ2v) is 6.03. The van der Waals surface area contributed by atoms with Gasteiger partial charge >= 0.3 is 18.0 Å². The number of carbonyl (C=O) groups is 3. The van der Waals surface area contributed by atoms with Gasteiger partial charge in [-0.3, -0.25) is 9.59 Å². The smallest absolute Gasteiger partial charge is 0.407 e. The summed E-state index contributed by atoms with van der Waals surface area (Å²) in [6.45, 7) is 7.74. The summed E-state index contributed by atoms with van der Waals surface area (Å²) in [5, 5.41) is 2.53. The largest absolute Gasteiger partial charge is 0.492 e. The maximum atomic E-state index is 11.7. The van der Waals surface area contributed by atoms with Gasteiger partial charge in [-0.05, 0) is 26.8 Å². The second-order valence-electron chi connectivity index (χ2n) is 6.03. The molecule has 0 radical (unpaired) electrons. The van der Waals surface area contributed by atoms with Gasteiger partial charge in [0.1, 0.15) is 5.60 Å². The van der Waals surface area contributed by atoms with Crippen LogP contribution in [-0.4, -0.2) is 48.5 Å². The van der Waals surface area contributed by atoms with E-state index in [0.717, 1.165) is 0 Å². The normalized spacial score (nSPS) is 23.4. The molecule has 130 valence electrons. The van der Waals surface area contributed by atoms with Gasteiger partial charge in [-0.25, -0.2) is 4.79 Å². The average Bonchev–Trinajstić information content (AvgIpc) is 2.36. The van der Waals surface area contributed by atoms with Gasteiger partial charge in [-0.1, -0.05) is 0 Å². The Morgan fingerprint density at radius 3 is 2.26 bits per heavy atom. The zero-order valence-electron chi connectivity index (χ0n) is 14.0. The van der Waals surface area contributed by atoms with E-state index in [1.165, 1.54) is 26.2 Å². The van der Waals surface area contributed by atoms with Crippen molar-refractivity contribution >= 4 is 18.0 Å². The van der Waals surface area contributed by atoms with E-state index in [0.29, 0.717) is 0 Å². The van der Waals surface area contributed by atoms with Gasteiger partial charge < -0.3 is 24.3 Å². The third-order valence-corrected chi connectivity index (χ3v) is 2.66. The van der Waals surface area contributed by atoms with Crippen molar-refractivity contribution in [3.63, 3.8) is 0 Å². The van der Waals surface area contributed by atoms with Gasteiger partial charge in [0, 0.05) is 13.8 Å². The fourth-order valence-corrected chi connectivity index (χ4v) is 1.92. The van der Waals surface area contributed by atoms with Crippen LogP contribution in [0.5, 0.6) is 0 Å². The molecule has 0 saturated heterocycles. The standard InChI is InChI=1S/C15H23NO7/c1-9(17)21-11-6-7-20-12(13(11)22-10(2)18)8-16-14(19)23-15(3,4)5/h6-7,11-13H,8H2,1-5H3,(H,16,19). The van der Waals surface area contributed by atoms with Gasteiger partial charge in [-0.15, -0.1) is 0 Å². The van der Waals surface area contributed by atoms with Crippen molar-refractivity contribution in [1.82, 2.24) is 5.32 Å². The molecule has 23 heavy (non-hydrogen) atoms. The maximum Gasteiger partial charge on any atom is 0.407 e. The Morgan fingerprint density at radius 1 is 1.13 bits per heavy atom. The molecule has 3 atom stereocenters. The highest BCUT2D eigenvalue weighted by Crippen LogP contribution is 2.19. The summed E-state index contributed by atoms with van der Waals surface area (Å²) in [7, 11) is 0. The fourth-order valence-electron chi connectivity index (χ4n) is 1.92. The minimum atomic E-state index is -0.865. The van der Waals surface area contributed by atoms with Crippen LogP contribution >= 0.6 is 0 Å². The minimum Gasteiger partial charge on any atom is -0.492 e. The lowest BCUT2D eigenvalue weighted by atomic mass is 10.1. The Kier molecular flexibility index (Phi) is 6.41. The van der Waals surface area contributed by atoms with Crippen molar-refractivity contribution in [2.24, 2.45) is 0 Å². The van der Waals surface area contributed by atoms with Crippen molar-refractivity contribution in [2.75, 3.05) is 6.54 Å². The third kappa shape index (κ3) is 7.03. The molecule has 8 nitrogen and oxygen atoms in total. The van der Waals surface area contributed by atoms with Crippen LogP contribution in [-0.2, 0) is 28.5 Å². The summed E-state index contributed by atoms with van der Waals surface area (Å²) >= 11 is 0.